The summed E-state index contributed by atoms with van der Waals surface area (Å²) in [4.78, 5) is 0. The first-order valence-electron chi connectivity index (χ1n) is 14.6. The second kappa shape index (κ2) is 11.2. The molecule has 0 spiro atoms. The number of halogens is 3. The molecule has 222 valence electrons. The lowest BCUT2D eigenvalue weighted by Gasteiger charge is -2.54. The van der Waals surface area contributed by atoms with E-state index in [2.05, 4.69) is 0 Å². The van der Waals surface area contributed by atoms with E-state index in [9.17, 15) is 0 Å². The predicted molar refractivity (Wildman–Crippen MR) is 174 cm³/mol. The monoisotopic (exact) mass is 635 g/mol. The summed E-state index contributed by atoms with van der Waals surface area (Å²) >= 11 is 19.0. The summed E-state index contributed by atoms with van der Waals surface area (Å²) in [5, 5.41) is 1.52. The van der Waals surface area contributed by atoms with Crippen molar-refractivity contribution in [1.82, 2.24) is 0 Å². The van der Waals surface area contributed by atoms with Crippen LogP contribution in [0.25, 0.3) is 0 Å². The lowest BCUT2D eigenvalue weighted by molar-refractivity contribution is -0.00341. The first kappa shape index (κ1) is 28.3. The lowest BCUT2D eigenvalue weighted by atomic mass is 9.50. The minimum Gasteiger partial charge on any atom is -0.455 e. The average Bonchev–Trinajstić information content (AvgIpc) is 2.96. The van der Waals surface area contributed by atoms with Crippen LogP contribution in [0.4, 0.5) is 17.1 Å². The van der Waals surface area contributed by atoms with Crippen molar-refractivity contribution in [3.8, 4) is 34.5 Å². The Labute approximate surface area is 266 Å². The molecule has 4 aliphatic rings. The second-order valence-corrected chi connectivity index (χ2v) is 13.5. The molecular formula is C34H32Cl3N3O3. The van der Waals surface area contributed by atoms with Gasteiger partial charge in [-0.25, -0.2) is 0 Å². The molecule has 4 aromatic carbocycles. The van der Waals surface area contributed by atoms with Gasteiger partial charge in [0.1, 0.15) is 5.75 Å². The number of nitrogen functional groups attached to an aromatic ring is 3. The molecule has 4 aromatic rings. The molecule has 0 unspecified atom stereocenters. The number of rotatable bonds is 7. The largest absolute Gasteiger partial charge is 0.455 e. The molecule has 0 saturated heterocycles. The van der Waals surface area contributed by atoms with Crippen molar-refractivity contribution in [1.29, 1.82) is 0 Å². The van der Waals surface area contributed by atoms with Crippen LogP contribution in [0.5, 0.6) is 34.5 Å². The molecule has 6 N–H and O–H groups in total. The van der Waals surface area contributed by atoms with Crippen LogP contribution in [0.1, 0.15) is 43.6 Å². The second-order valence-electron chi connectivity index (χ2n) is 12.1. The van der Waals surface area contributed by atoms with E-state index in [1.165, 1.54) is 32.1 Å². The molecule has 43 heavy (non-hydrogen) atoms. The Kier molecular flexibility index (Phi) is 7.40. The Morgan fingerprint density at radius 1 is 0.465 bits per heavy atom. The molecule has 4 aliphatic carbocycles. The summed E-state index contributed by atoms with van der Waals surface area (Å²) in [7, 11) is 0. The quantitative estimate of drug-likeness (QED) is 0.174. The zero-order valence-corrected chi connectivity index (χ0v) is 25.6. The summed E-state index contributed by atoms with van der Waals surface area (Å²) in [5.74, 6) is 5.78. The lowest BCUT2D eigenvalue weighted by Crippen LogP contribution is -2.43. The van der Waals surface area contributed by atoms with Gasteiger partial charge in [-0.1, -0.05) is 34.8 Å². The number of hydrogen-bond acceptors (Lipinski definition) is 6. The number of nitrogens with two attached hydrogens (primary N) is 3. The van der Waals surface area contributed by atoms with Gasteiger partial charge in [-0.3, -0.25) is 0 Å². The molecule has 0 atom stereocenters. The van der Waals surface area contributed by atoms with E-state index in [1.54, 1.807) is 54.6 Å². The predicted octanol–water partition coefficient (Wildman–Crippen LogP) is 10.3. The van der Waals surface area contributed by atoms with E-state index < -0.39 is 0 Å². The van der Waals surface area contributed by atoms with Gasteiger partial charge in [0.2, 0.25) is 0 Å². The highest BCUT2D eigenvalue weighted by atomic mass is 35.5. The average molecular weight is 637 g/mol. The first-order valence-corrected chi connectivity index (χ1v) is 15.7. The van der Waals surface area contributed by atoms with Crippen LogP contribution in [0.3, 0.4) is 0 Å². The number of anilines is 3. The minimum atomic E-state index is 0.299. The fourth-order valence-corrected chi connectivity index (χ4v) is 8.13. The van der Waals surface area contributed by atoms with Gasteiger partial charge in [0.15, 0.2) is 28.7 Å². The SMILES string of the molecule is Nc1ccc(Cl)cc1Oc1cc(Oc2cc(Cl)ccc2N)c(C2C3CC4CC(C3)CC2C4)cc1Oc1cc(Cl)ccc1N. The molecule has 0 aromatic heterocycles. The normalized spacial score (nSPS) is 23.7. The Bertz CT molecular complexity index is 1680. The first-order chi connectivity index (χ1) is 20.7. The fourth-order valence-electron chi connectivity index (χ4n) is 7.64. The van der Waals surface area contributed by atoms with Crippen molar-refractivity contribution in [2.45, 2.75) is 38.0 Å². The molecule has 8 rings (SSSR count). The van der Waals surface area contributed by atoms with Crippen molar-refractivity contribution >= 4 is 51.9 Å². The third-order valence-corrected chi connectivity index (χ3v) is 9.95. The minimum absolute atomic E-state index is 0.299. The van der Waals surface area contributed by atoms with Crippen molar-refractivity contribution in [3.05, 3.63) is 87.4 Å². The van der Waals surface area contributed by atoms with E-state index >= 15 is 0 Å². The van der Waals surface area contributed by atoms with Gasteiger partial charge in [-0.2, -0.15) is 0 Å². The van der Waals surface area contributed by atoms with Crippen molar-refractivity contribution < 1.29 is 14.2 Å². The smallest absolute Gasteiger partial charge is 0.173 e. The van der Waals surface area contributed by atoms with Crippen LogP contribution in [-0.4, -0.2) is 0 Å². The zero-order valence-electron chi connectivity index (χ0n) is 23.4. The summed E-state index contributed by atoms with van der Waals surface area (Å²) in [6.07, 6.45) is 6.27. The molecule has 9 heteroatoms. The van der Waals surface area contributed by atoms with Gasteiger partial charge >= 0.3 is 0 Å². The highest BCUT2D eigenvalue weighted by Gasteiger charge is 2.49. The highest BCUT2D eigenvalue weighted by Crippen LogP contribution is 2.62. The molecule has 6 nitrogen and oxygen atoms in total. The summed E-state index contributed by atoms with van der Waals surface area (Å²) in [6, 6.07) is 19.3. The highest BCUT2D eigenvalue weighted by molar-refractivity contribution is 6.31. The maximum atomic E-state index is 6.61. The maximum Gasteiger partial charge on any atom is 0.173 e. The van der Waals surface area contributed by atoms with Crippen LogP contribution < -0.4 is 31.4 Å². The molecule has 4 saturated carbocycles. The van der Waals surface area contributed by atoms with Gasteiger partial charge in [0.05, 0.1) is 17.1 Å². The zero-order chi connectivity index (χ0) is 29.8. The van der Waals surface area contributed by atoms with Crippen LogP contribution >= 0.6 is 34.8 Å². The Hall–Kier alpha value is -3.45. The van der Waals surface area contributed by atoms with E-state index in [0.29, 0.717) is 84.4 Å². The number of ether oxygens (including phenoxy) is 3. The molecule has 4 fully saturated rings. The molecule has 0 heterocycles. The van der Waals surface area contributed by atoms with Crippen molar-refractivity contribution in [3.63, 3.8) is 0 Å². The van der Waals surface area contributed by atoms with Crippen molar-refractivity contribution in [2.24, 2.45) is 23.7 Å². The van der Waals surface area contributed by atoms with E-state index in [1.807, 2.05) is 12.1 Å². The number of hydrogen-bond donors (Lipinski definition) is 3. The van der Waals surface area contributed by atoms with E-state index in [0.717, 1.165) is 17.4 Å². The topological polar surface area (TPSA) is 106 Å². The Balaban J connectivity index is 1.39. The fraction of sp³-hybridized carbons (Fsp3) is 0.294. The van der Waals surface area contributed by atoms with Crippen LogP contribution in [0, 0.1) is 23.7 Å². The van der Waals surface area contributed by atoms with Gasteiger partial charge in [0, 0.05) is 44.9 Å². The Morgan fingerprint density at radius 2 is 0.860 bits per heavy atom. The van der Waals surface area contributed by atoms with Gasteiger partial charge in [-0.05, 0) is 104 Å². The van der Waals surface area contributed by atoms with Crippen LogP contribution in [0.2, 0.25) is 15.1 Å². The summed E-state index contributed by atoms with van der Waals surface area (Å²) < 4.78 is 19.5. The van der Waals surface area contributed by atoms with E-state index in [4.69, 9.17) is 66.2 Å². The third kappa shape index (κ3) is 5.64. The van der Waals surface area contributed by atoms with E-state index in [-0.39, 0.29) is 0 Å². The number of benzene rings is 4. The summed E-state index contributed by atoms with van der Waals surface area (Å²) in [6.45, 7) is 0. The molecular weight excluding hydrogens is 605 g/mol. The molecule has 0 aliphatic heterocycles. The van der Waals surface area contributed by atoms with Crippen LogP contribution in [0.15, 0.2) is 66.7 Å². The van der Waals surface area contributed by atoms with Gasteiger partial charge in [0.25, 0.3) is 0 Å². The molecule has 0 radical (unpaired) electrons. The van der Waals surface area contributed by atoms with Gasteiger partial charge in [-0.15, -0.1) is 0 Å². The van der Waals surface area contributed by atoms with Crippen LogP contribution in [-0.2, 0) is 0 Å². The Morgan fingerprint density at radius 3 is 1.30 bits per heavy atom. The third-order valence-electron chi connectivity index (χ3n) is 9.25. The molecule has 4 bridgehead atoms. The maximum absolute atomic E-state index is 6.61. The molecule has 0 amide bonds. The standard InChI is InChI=1S/C34H32Cl3N3O3/c35-21-1-4-25(38)29(12-21)41-28-16-33(43-31-14-23(37)3-6-27(31)40)32(42-30-13-22(36)2-5-26(30)39)15-24(28)34-19-8-17-7-18(10-19)11-20(34)9-17/h1-6,12-20,34H,7-11,38-40H2. The van der Waals surface area contributed by atoms with Crippen molar-refractivity contribution in [2.75, 3.05) is 17.2 Å². The summed E-state index contributed by atoms with van der Waals surface area (Å²) in [5.41, 5.74) is 21.3. The van der Waals surface area contributed by atoms with Gasteiger partial charge < -0.3 is 31.4 Å².